The van der Waals surface area contributed by atoms with Crippen LogP contribution >= 0.6 is 0 Å². The fourth-order valence-electron chi connectivity index (χ4n) is 0.635. The third-order valence-electron chi connectivity index (χ3n) is 1.12. The molecule has 0 rings (SSSR count). The van der Waals surface area contributed by atoms with E-state index in [9.17, 15) is 4.79 Å². The summed E-state index contributed by atoms with van der Waals surface area (Å²) < 4.78 is 9.22. The molecule has 0 aliphatic carbocycles. The second-order valence-corrected chi connectivity index (χ2v) is 2.21. The van der Waals surface area contributed by atoms with Gasteiger partial charge in [0.05, 0.1) is 19.3 Å². The number of amides is 1. The summed E-state index contributed by atoms with van der Waals surface area (Å²) in [5, 5.41) is 11.4. The molecule has 0 heterocycles. The summed E-state index contributed by atoms with van der Waals surface area (Å²) in [6.45, 7) is 2.39. The molecule has 5 heteroatoms. The molecule has 0 fully saturated rings. The Labute approximate surface area is 71.7 Å². The first-order valence-corrected chi connectivity index (χ1v) is 3.78. The average Bonchev–Trinajstić information content (AvgIpc) is 2.02. The van der Waals surface area contributed by atoms with E-state index in [1.54, 1.807) is 6.92 Å². The molecule has 0 saturated heterocycles. The number of aliphatic hydroxyl groups excluding tert-OH is 1. The number of nitrogens with one attached hydrogen (secondary N) is 1. The van der Waals surface area contributed by atoms with Gasteiger partial charge in [-0.25, -0.2) is 4.79 Å². The van der Waals surface area contributed by atoms with Gasteiger partial charge in [0, 0.05) is 13.7 Å². The number of hydrogen-bond acceptors (Lipinski definition) is 4. The minimum absolute atomic E-state index is 0.146. The van der Waals surface area contributed by atoms with Crippen LogP contribution in [0, 0.1) is 0 Å². The zero-order valence-corrected chi connectivity index (χ0v) is 7.37. The lowest BCUT2D eigenvalue weighted by molar-refractivity contribution is 0.0625. The molecule has 1 unspecified atom stereocenters. The van der Waals surface area contributed by atoms with Crippen molar-refractivity contribution in [2.45, 2.75) is 13.0 Å². The van der Waals surface area contributed by atoms with E-state index in [2.05, 4.69) is 14.8 Å². The second kappa shape index (κ2) is 6.87. The van der Waals surface area contributed by atoms with Crippen LogP contribution in [0.15, 0.2) is 0 Å². The molecule has 1 amide bonds. The summed E-state index contributed by atoms with van der Waals surface area (Å²) in [7, 11) is 1.48. The van der Waals surface area contributed by atoms with Crippen molar-refractivity contribution in [2.24, 2.45) is 0 Å². The monoisotopic (exact) mass is 177 g/mol. The molecule has 0 bridgehead atoms. The van der Waals surface area contributed by atoms with Gasteiger partial charge >= 0.3 is 6.09 Å². The summed E-state index contributed by atoms with van der Waals surface area (Å²) in [5.74, 6) is 0. The summed E-state index contributed by atoms with van der Waals surface area (Å²) in [6.07, 6.45) is -1.20. The van der Waals surface area contributed by atoms with Crippen LogP contribution < -0.4 is 5.32 Å². The first-order chi connectivity index (χ1) is 5.70. The lowest BCUT2D eigenvalue weighted by Gasteiger charge is -2.09. The van der Waals surface area contributed by atoms with Gasteiger partial charge in [0.2, 0.25) is 0 Å². The fourth-order valence-corrected chi connectivity index (χ4v) is 0.635. The lowest BCUT2D eigenvalue weighted by Crippen LogP contribution is -2.34. The van der Waals surface area contributed by atoms with Crippen molar-refractivity contribution in [3.05, 3.63) is 0 Å². The number of carbonyl (C=O) groups excluding carboxylic acids is 1. The maximum absolute atomic E-state index is 10.7. The van der Waals surface area contributed by atoms with Crippen LogP contribution in [0.1, 0.15) is 6.92 Å². The van der Waals surface area contributed by atoms with E-state index in [1.165, 1.54) is 7.11 Å². The van der Waals surface area contributed by atoms with Crippen molar-refractivity contribution in [3.63, 3.8) is 0 Å². The molecule has 2 N–H and O–H groups in total. The summed E-state index contributed by atoms with van der Waals surface area (Å²) in [6, 6.07) is 0. The summed E-state index contributed by atoms with van der Waals surface area (Å²) in [4.78, 5) is 10.7. The van der Waals surface area contributed by atoms with Gasteiger partial charge in [0.15, 0.2) is 0 Å². The minimum atomic E-state index is -0.681. The van der Waals surface area contributed by atoms with E-state index in [4.69, 9.17) is 5.11 Å². The molecule has 0 aromatic heterocycles. The van der Waals surface area contributed by atoms with E-state index in [-0.39, 0.29) is 13.2 Å². The van der Waals surface area contributed by atoms with Crippen LogP contribution in [0.3, 0.4) is 0 Å². The van der Waals surface area contributed by atoms with Crippen molar-refractivity contribution in [1.29, 1.82) is 0 Å². The second-order valence-electron chi connectivity index (χ2n) is 2.21. The Morgan fingerprint density at radius 2 is 2.33 bits per heavy atom. The smallest absolute Gasteiger partial charge is 0.407 e. The fraction of sp³-hybridized carbons (Fsp3) is 0.857. The third-order valence-corrected chi connectivity index (χ3v) is 1.12. The zero-order valence-electron chi connectivity index (χ0n) is 7.37. The number of aliphatic hydroxyl groups is 1. The van der Waals surface area contributed by atoms with E-state index >= 15 is 0 Å². The minimum Gasteiger partial charge on any atom is -0.450 e. The highest BCUT2D eigenvalue weighted by Crippen LogP contribution is 1.82. The Morgan fingerprint density at radius 1 is 1.67 bits per heavy atom. The number of alkyl carbamates (subject to hydrolysis) is 1. The van der Waals surface area contributed by atoms with Gasteiger partial charge in [-0.15, -0.1) is 0 Å². The first kappa shape index (κ1) is 11.2. The Hall–Kier alpha value is -0.810. The molecule has 0 saturated carbocycles. The molecule has 1 atom stereocenters. The summed E-state index contributed by atoms with van der Waals surface area (Å²) in [5.41, 5.74) is 0. The Morgan fingerprint density at radius 3 is 2.83 bits per heavy atom. The number of carbonyl (C=O) groups is 1. The van der Waals surface area contributed by atoms with E-state index in [1.807, 2.05) is 0 Å². The van der Waals surface area contributed by atoms with Gasteiger partial charge in [-0.05, 0) is 6.92 Å². The molecular weight excluding hydrogens is 162 g/mol. The molecule has 72 valence electrons. The number of ether oxygens (including phenoxy) is 2. The predicted molar refractivity (Wildman–Crippen MR) is 42.9 cm³/mol. The van der Waals surface area contributed by atoms with Crippen LogP contribution in [0.4, 0.5) is 4.79 Å². The Balaban J connectivity index is 3.33. The highest BCUT2D eigenvalue weighted by Gasteiger charge is 2.05. The van der Waals surface area contributed by atoms with E-state index < -0.39 is 12.2 Å². The average molecular weight is 177 g/mol. The van der Waals surface area contributed by atoms with Crippen molar-refractivity contribution in [1.82, 2.24) is 5.32 Å². The zero-order chi connectivity index (χ0) is 9.40. The van der Waals surface area contributed by atoms with Crippen LogP contribution in [-0.4, -0.2) is 44.2 Å². The third kappa shape index (κ3) is 5.94. The van der Waals surface area contributed by atoms with Crippen molar-refractivity contribution >= 4 is 6.09 Å². The molecule has 0 aromatic carbocycles. The van der Waals surface area contributed by atoms with Crippen molar-refractivity contribution < 1.29 is 19.4 Å². The van der Waals surface area contributed by atoms with Crippen LogP contribution in [0.2, 0.25) is 0 Å². The molecule has 0 aliphatic heterocycles. The number of methoxy groups -OCH3 is 1. The molecule has 12 heavy (non-hydrogen) atoms. The number of rotatable bonds is 5. The van der Waals surface area contributed by atoms with Gasteiger partial charge < -0.3 is 19.9 Å². The van der Waals surface area contributed by atoms with Crippen molar-refractivity contribution in [3.8, 4) is 0 Å². The van der Waals surface area contributed by atoms with E-state index in [0.717, 1.165) is 0 Å². The van der Waals surface area contributed by atoms with Crippen molar-refractivity contribution in [2.75, 3.05) is 26.9 Å². The van der Waals surface area contributed by atoms with Crippen LogP contribution in [0.5, 0.6) is 0 Å². The van der Waals surface area contributed by atoms with Gasteiger partial charge in [-0.3, -0.25) is 0 Å². The van der Waals surface area contributed by atoms with Crippen LogP contribution in [0.25, 0.3) is 0 Å². The Kier molecular flexibility index (Phi) is 6.41. The van der Waals surface area contributed by atoms with Gasteiger partial charge in [-0.2, -0.15) is 0 Å². The lowest BCUT2D eigenvalue weighted by atomic mass is 10.4. The predicted octanol–water partition coefficient (Wildman–Crippen LogP) is -0.260. The SMILES string of the molecule is CCOC(=O)NCC(O)COC. The molecule has 0 aliphatic rings. The maximum atomic E-state index is 10.7. The van der Waals surface area contributed by atoms with Crippen LogP contribution in [-0.2, 0) is 9.47 Å². The first-order valence-electron chi connectivity index (χ1n) is 3.78. The quantitative estimate of drug-likeness (QED) is 0.607. The molecular formula is C7H15NO4. The van der Waals surface area contributed by atoms with Gasteiger partial charge in [0.25, 0.3) is 0 Å². The standard InChI is InChI=1S/C7H15NO4/c1-3-12-7(10)8-4-6(9)5-11-2/h6,9H,3-5H2,1-2H3,(H,8,10). The highest BCUT2D eigenvalue weighted by molar-refractivity contribution is 5.67. The Bertz CT molecular complexity index is 129. The summed E-state index contributed by atoms with van der Waals surface area (Å²) >= 11 is 0. The normalized spacial score (nSPS) is 12.2. The number of hydrogen-bond donors (Lipinski definition) is 2. The molecule has 5 nitrogen and oxygen atoms in total. The molecule has 0 aromatic rings. The largest absolute Gasteiger partial charge is 0.450 e. The van der Waals surface area contributed by atoms with Gasteiger partial charge in [0.1, 0.15) is 0 Å². The highest BCUT2D eigenvalue weighted by atomic mass is 16.5. The van der Waals surface area contributed by atoms with E-state index in [0.29, 0.717) is 6.61 Å². The molecule has 0 spiro atoms. The topological polar surface area (TPSA) is 67.8 Å². The molecule has 0 radical (unpaired) electrons. The maximum Gasteiger partial charge on any atom is 0.407 e. The van der Waals surface area contributed by atoms with Gasteiger partial charge in [-0.1, -0.05) is 0 Å².